The number of hydrogen-bond donors (Lipinski definition) is 1. The third-order valence-corrected chi connectivity index (χ3v) is 7.04. The third-order valence-electron chi connectivity index (χ3n) is 7.04. The minimum absolute atomic E-state index is 0.0634. The number of rotatable bonds is 6. The second-order valence-corrected chi connectivity index (χ2v) is 9.13. The minimum atomic E-state index is 0.0634. The maximum absolute atomic E-state index is 13.2. The van der Waals surface area contributed by atoms with Gasteiger partial charge in [-0.15, -0.1) is 0 Å². The van der Waals surface area contributed by atoms with Crippen molar-refractivity contribution >= 4 is 11.6 Å². The SMILES string of the molecule is CC(CO)c1ccc(N2CCC(Cc3ccccc3C3CCN(C)CC3)C2=O)cc1. The van der Waals surface area contributed by atoms with E-state index in [-0.39, 0.29) is 24.3 Å². The molecule has 4 rings (SSSR count). The van der Waals surface area contributed by atoms with Crippen LogP contribution in [0.3, 0.4) is 0 Å². The summed E-state index contributed by atoms with van der Waals surface area (Å²) in [4.78, 5) is 17.5. The van der Waals surface area contributed by atoms with E-state index >= 15 is 0 Å². The number of benzene rings is 2. The molecule has 0 spiro atoms. The van der Waals surface area contributed by atoms with Gasteiger partial charge in [0.05, 0.1) is 0 Å². The van der Waals surface area contributed by atoms with E-state index in [1.54, 1.807) is 0 Å². The highest BCUT2D eigenvalue weighted by Crippen LogP contribution is 2.34. The van der Waals surface area contributed by atoms with Crippen LogP contribution in [0.15, 0.2) is 48.5 Å². The molecule has 4 heteroatoms. The summed E-state index contributed by atoms with van der Waals surface area (Å²) in [6.45, 7) is 5.24. The van der Waals surface area contributed by atoms with Gasteiger partial charge in [0.2, 0.25) is 5.91 Å². The number of amides is 1. The Morgan fingerprint density at radius 2 is 1.70 bits per heavy atom. The van der Waals surface area contributed by atoms with Crippen LogP contribution < -0.4 is 4.90 Å². The molecule has 2 heterocycles. The van der Waals surface area contributed by atoms with Crippen molar-refractivity contribution in [3.63, 3.8) is 0 Å². The molecule has 2 atom stereocenters. The van der Waals surface area contributed by atoms with Crippen LogP contribution in [0.1, 0.15) is 54.7 Å². The Bertz CT molecular complexity index is 856. The lowest BCUT2D eigenvalue weighted by molar-refractivity contribution is -0.120. The van der Waals surface area contributed by atoms with Gasteiger partial charge in [-0.2, -0.15) is 0 Å². The Morgan fingerprint density at radius 3 is 2.40 bits per heavy atom. The number of carbonyl (C=O) groups is 1. The Hall–Kier alpha value is -2.17. The standard InChI is InChI=1S/C26H34N2O2/c1-19(18-29)20-7-9-24(10-8-20)28-16-13-23(26(28)30)17-22-5-3-4-6-25(22)21-11-14-27(2)15-12-21/h3-10,19,21,23,29H,11-18H2,1-2H3. The van der Waals surface area contributed by atoms with Gasteiger partial charge in [-0.1, -0.05) is 43.3 Å². The van der Waals surface area contributed by atoms with E-state index in [1.165, 1.54) is 24.0 Å². The van der Waals surface area contributed by atoms with E-state index in [2.05, 4.69) is 36.2 Å². The third kappa shape index (κ3) is 4.45. The lowest BCUT2D eigenvalue weighted by Crippen LogP contribution is -2.30. The molecule has 2 aromatic rings. The predicted molar refractivity (Wildman–Crippen MR) is 122 cm³/mol. The van der Waals surface area contributed by atoms with Gasteiger partial charge >= 0.3 is 0 Å². The maximum Gasteiger partial charge on any atom is 0.230 e. The molecule has 2 unspecified atom stereocenters. The van der Waals surface area contributed by atoms with E-state index in [9.17, 15) is 9.90 Å². The lowest BCUT2D eigenvalue weighted by Gasteiger charge is -2.30. The summed E-state index contributed by atoms with van der Waals surface area (Å²) >= 11 is 0. The van der Waals surface area contributed by atoms with Gasteiger partial charge < -0.3 is 14.9 Å². The molecule has 4 nitrogen and oxygen atoms in total. The zero-order chi connectivity index (χ0) is 21.1. The van der Waals surface area contributed by atoms with Gasteiger partial charge in [-0.25, -0.2) is 0 Å². The quantitative estimate of drug-likeness (QED) is 0.782. The predicted octanol–water partition coefficient (Wildman–Crippen LogP) is 4.19. The Balaban J connectivity index is 1.45. The molecule has 1 N–H and O–H groups in total. The number of likely N-dealkylation sites (tertiary alicyclic amines) is 1. The molecular weight excluding hydrogens is 372 g/mol. The van der Waals surface area contributed by atoms with Crippen molar-refractivity contribution in [2.24, 2.45) is 5.92 Å². The Labute approximate surface area is 180 Å². The molecule has 2 saturated heterocycles. The second kappa shape index (κ2) is 9.32. The summed E-state index contributed by atoms with van der Waals surface area (Å²) in [5.74, 6) is 1.05. The van der Waals surface area contributed by atoms with Crippen molar-refractivity contribution in [2.45, 2.75) is 44.4 Å². The maximum atomic E-state index is 13.2. The van der Waals surface area contributed by atoms with Gasteiger partial charge in [0.1, 0.15) is 0 Å². The van der Waals surface area contributed by atoms with Crippen LogP contribution >= 0.6 is 0 Å². The van der Waals surface area contributed by atoms with Crippen LogP contribution in [-0.2, 0) is 11.2 Å². The minimum Gasteiger partial charge on any atom is -0.396 e. The normalized spacial score (nSPS) is 21.9. The highest BCUT2D eigenvalue weighted by molar-refractivity contribution is 5.97. The van der Waals surface area contributed by atoms with E-state index < -0.39 is 0 Å². The monoisotopic (exact) mass is 406 g/mol. The zero-order valence-electron chi connectivity index (χ0n) is 18.3. The molecule has 2 aromatic carbocycles. The van der Waals surface area contributed by atoms with Crippen molar-refractivity contribution in [1.82, 2.24) is 4.90 Å². The van der Waals surface area contributed by atoms with Gasteiger partial charge in [-0.05, 0) is 80.6 Å². The fourth-order valence-corrected chi connectivity index (χ4v) is 4.98. The Morgan fingerprint density at radius 1 is 1.00 bits per heavy atom. The van der Waals surface area contributed by atoms with Crippen LogP contribution in [0.2, 0.25) is 0 Å². The van der Waals surface area contributed by atoms with Crippen molar-refractivity contribution in [3.05, 3.63) is 65.2 Å². The molecule has 2 fully saturated rings. The van der Waals surface area contributed by atoms with Crippen LogP contribution in [0, 0.1) is 5.92 Å². The smallest absolute Gasteiger partial charge is 0.230 e. The summed E-state index contributed by atoms with van der Waals surface area (Å²) in [5, 5.41) is 9.35. The molecular formula is C26H34N2O2. The summed E-state index contributed by atoms with van der Waals surface area (Å²) in [7, 11) is 2.20. The molecule has 0 radical (unpaired) electrons. The van der Waals surface area contributed by atoms with Crippen molar-refractivity contribution in [1.29, 1.82) is 0 Å². The summed E-state index contributed by atoms with van der Waals surface area (Å²) in [6, 6.07) is 16.9. The molecule has 160 valence electrons. The number of anilines is 1. The first-order valence-electron chi connectivity index (χ1n) is 11.4. The molecule has 2 aliphatic heterocycles. The fraction of sp³-hybridized carbons (Fsp3) is 0.500. The molecule has 30 heavy (non-hydrogen) atoms. The zero-order valence-corrected chi connectivity index (χ0v) is 18.3. The van der Waals surface area contributed by atoms with Crippen molar-refractivity contribution in [3.8, 4) is 0 Å². The number of piperidine rings is 1. The first kappa shape index (κ1) is 21.1. The Kier molecular flexibility index (Phi) is 6.55. The average molecular weight is 407 g/mol. The highest BCUT2D eigenvalue weighted by atomic mass is 16.3. The largest absolute Gasteiger partial charge is 0.396 e. The second-order valence-electron chi connectivity index (χ2n) is 9.13. The number of carbonyl (C=O) groups excluding carboxylic acids is 1. The van der Waals surface area contributed by atoms with Crippen molar-refractivity contribution in [2.75, 3.05) is 38.2 Å². The summed E-state index contributed by atoms with van der Waals surface area (Å²) in [6.07, 6.45) is 4.17. The van der Waals surface area contributed by atoms with Gasteiger partial charge in [0.25, 0.3) is 0 Å². The van der Waals surface area contributed by atoms with E-state index in [4.69, 9.17) is 0 Å². The number of nitrogens with zero attached hydrogens (tertiary/aromatic N) is 2. The number of hydrogen-bond acceptors (Lipinski definition) is 3. The van der Waals surface area contributed by atoms with Crippen LogP contribution in [0.4, 0.5) is 5.69 Å². The molecule has 0 bridgehead atoms. The van der Waals surface area contributed by atoms with Gasteiger partial charge in [-0.3, -0.25) is 4.79 Å². The highest BCUT2D eigenvalue weighted by Gasteiger charge is 2.33. The molecule has 0 aliphatic carbocycles. The van der Waals surface area contributed by atoms with Crippen LogP contribution in [-0.4, -0.2) is 49.2 Å². The summed E-state index contributed by atoms with van der Waals surface area (Å²) < 4.78 is 0. The van der Waals surface area contributed by atoms with E-state index in [0.717, 1.165) is 43.7 Å². The molecule has 1 amide bonds. The van der Waals surface area contributed by atoms with Crippen LogP contribution in [0.5, 0.6) is 0 Å². The van der Waals surface area contributed by atoms with Crippen LogP contribution in [0.25, 0.3) is 0 Å². The molecule has 2 aliphatic rings. The molecule has 0 saturated carbocycles. The molecule has 0 aromatic heterocycles. The average Bonchev–Trinajstić information content (AvgIpc) is 3.14. The lowest BCUT2D eigenvalue weighted by atomic mass is 9.84. The number of aliphatic hydroxyl groups is 1. The topological polar surface area (TPSA) is 43.8 Å². The first-order valence-corrected chi connectivity index (χ1v) is 11.4. The van der Waals surface area contributed by atoms with E-state index in [0.29, 0.717) is 5.92 Å². The van der Waals surface area contributed by atoms with Gasteiger partial charge in [0.15, 0.2) is 0 Å². The van der Waals surface area contributed by atoms with E-state index in [1.807, 2.05) is 36.1 Å². The van der Waals surface area contributed by atoms with Gasteiger partial charge in [0, 0.05) is 30.7 Å². The van der Waals surface area contributed by atoms with Crippen molar-refractivity contribution < 1.29 is 9.90 Å². The number of aliphatic hydroxyl groups excluding tert-OH is 1. The first-order chi connectivity index (χ1) is 14.6. The summed E-state index contributed by atoms with van der Waals surface area (Å²) in [5.41, 5.74) is 4.90. The fourth-order valence-electron chi connectivity index (χ4n) is 4.98.